The fourth-order valence-electron chi connectivity index (χ4n) is 2.57. The predicted octanol–water partition coefficient (Wildman–Crippen LogP) is 3.28. The Kier molecular flexibility index (Phi) is 9.79. The first-order valence-corrected chi connectivity index (χ1v) is 9.22. The Labute approximate surface area is 180 Å². The number of nitrogens with one attached hydrogen (secondary N) is 2. The molecule has 0 aliphatic carbocycles. The highest BCUT2D eigenvalue weighted by Crippen LogP contribution is 2.09. The van der Waals surface area contributed by atoms with Gasteiger partial charge in [0, 0.05) is 44.0 Å². The summed E-state index contributed by atoms with van der Waals surface area (Å²) >= 11 is 0. The van der Waals surface area contributed by atoms with Crippen LogP contribution in [0.5, 0.6) is 0 Å². The van der Waals surface area contributed by atoms with Crippen molar-refractivity contribution in [2.45, 2.75) is 39.8 Å². The van der Waals surface area contributed by atoms with E-state index in [1.807, 2.05) is 41.2 Å². The van der Waals surface area contributed by atoms with Crippen LogP contribution in [0, 0.1) is 0 Å². The number of aliphatic imine (C=N–C) groups is 1. The Morgan fingerprint density at radius 3 is 2.56 bits per heavy atom. The first-order chi connectivity index (χ1) is 12.4. The number of para-hydroxylation sites is 1. The van der Waals surface area contributed by atoms with Gasteiger partial charge in [0.1, 0.15) is 0 Å². The number of aromatic nitrogens is 2. The Morgan fingerprint density at radius 2 is 1.93 bits per heavy atom. The van der Waals surface area contributed by atoms with Crippen LogP contribution in [-0.4, -0.2) is 52.9 Å². The van der Waals surface area contributed by atoms with Gasteiger partial charge in [0.25, 0.3) is 0 Å². The zero-order valence-electron chi connectivity index (χ0n) is 17.1. The lowest BCUT2D eigenvalue weighted by molar-refractivity contribution is 0.430. The first kappa shape index (κ1) is 23.4. The quantitative estimate of drug-likeness (QED) is 0.274. The van der Waals surface area contributed by atoms with Crippen LogP contribution in [0.25, 0.3) is 5.69 Å². The van der Waals surface area contributed by atoms with Crippen molar-refractivity contribution in [3.8, 4) is 5.69 Å². The van der Waals surface area contributed by atoms with Gasteiger partial charge in [-0.05, 0) is 39.8 Å². The second-order valence-electron chi connectivity index (χ2n) is 7.40. The van der Waals surface area contributed by atoms with Crippen LogP contribution in [-0.2, 0) is 6.54 Å². The van der Waals surface area contributed by atoms with Crippen molar-refractivity contribution in [2.24, 2.45) is 4.99 Å². The molecule has 0 amide bonds. The van der Waals surface area contributed by atoms with Gasteiger partial charge in [-0.25, -0.2) is 4.68 Å². The molecular formula is C20H33IN6. The molecule has 0 aliphatic rings. The molecule has 0 radical (unpaired) electrons. The van der Waals surface area contributed by atoms with Gasteiger partial charge in [-0.2, -0.15) is 5.10 Å². The summed E-state index contributed by atoms with van der Waals surface area (Å²) in [5, 5.41) is 11.3. The molecule has 0 aliphatic heterocycles. The number of halogens is 1. The molecular weight excluding hydrogens is 451 g/mol. The van der Waals surface area contributed by atoms with E-state index in [1.54, 1.807) is 0 Å². The molecule has 0 spiro atoms. The van der Waals surface area contributed by atoms with E-state index in [0.29, 0.717) is 0 Å². The van der Waals surface area contributed by atoms with E-state index in [4.69, 9.17) is 4.99 Å². The summed E-state index contributed by atoms with van der Waals surface area (Å²) in [7, 11) is 2.05. The Bertz CT molecular complexity index is 690. The first-order valence-electron chi connectivity index (χ1n) is 9.22. The minimum atomic E-state index is 0. The number of hydrogen-bond acceptors (Lipinski definition) is 3. The van der Waals surface area contributed by atoms with Crippen LogP contribution in [0.15, 0.2) is 47.7 Å². The molecule has 0 fully saturated rings. The zero-order chi connectivity index (χ0) is 19.0. The number of rotatable bonds is 7. The minimum absolute atomic E-state index is 0. The second kappa shape index (κ2) is 11.3. The minimum Gasteiger partial charge on any atom is -0.357 e. The molecule has 27 heavy (non-hydrogen) atoms. The van der Waals surface area contributed by atoms with Crippen molar-refractivity contribution >= 4 is 29.9 Å². The fraction of sp³-hybridized carbons (Fsp3) is 0.500. The average Bonchev–Trinajstić information content (AvgIpc) is 3.06. The van der Waals surface area contributed by atoms with E-state index in [9.17, 15) is 0 Å². The average molecular weight is 484 g/mol. The molecule has 0 saturated heterocycles. The van der Waals surface area contributed by atoms with Gasteiger partial charge < -0.3 is 15.5 Å². The molecule has 1 aromatic heterocycles. The van der Waals surface area contributed by atoms with E-state index in [2.05, 4.69) is 61.6 Å². The summed E-state index contributed by atoms with van der Waals surface area (Å²) in [4.78, 5) is 6.85. The summed E-state index contributed by atoms with van der Waals surface area (Å²) in [6.45, 7) is 11.8. The van der Waals surface area contributed by atoms with Crippen LogP contribution in [0.1, 0.15) is 33.3 Å². The molecule has 2 rings (SSSR count). The van der Waals surface area contributed by atoms with Gasteiger partial charge in [0.2, 0.25) is 0 Å². The smallest absolute Gasteiger partial charge is 0.194 e. The van der Waals surface area contributed by atoms with Crippen LogP contribution < -0.4 is 10.6 Å². The van der Waals surface area contributed by atoms with Crippen molar-refractivity contribution < 1.29 is 0 Å². The molecule has 0 unspecified atom stereocenters. The summed E-state index contributed by atoms with van der Waals surface area (Å²) in [6.07, 6.45) is 3.98. The van der Waals surface area contributed by atoms with Crippen LogP contribution in [0.4, 0.5) is 0 Å². The number of benzene rings is 1. The van der Waals surface area contributed by atoms with E-state index in [0.717, 1.165) is 43.4 Å². The third-order valence-electron chi connectivity index (χ3n) is 3.80. The van der Waals surface area contributed by atoms with E-state index >= 15 is 0 Å². The van der Waals surface area contributed by atoms with Gasteiger partial charge in [-0.3, -0.25) is 4.99 Å². The fourth-order valence-corrected chi connectivity index (χ4v) is 2.57. The van der Waals surface area contributed by atoms with Gasteiger partial charge in [0.15, 0.2) is 5.96 Å². The largest absolute Gasteiger partial charge is 0.357 e. The third kappa shape index (κ3) is 8.30. The van der Waals surface area contributed by atoms with Crippen molar-refractivity contribution in [3.63, 3.8) is 0 Å². The van der Waals surface area contributed by atoms with Gasteiger partial charge >= 0.3 is 0 Å². The van der Waals surface area contributed by atoms with E-state index < -0.39 is 0 Å². The Morgan fingerprint density at radius 1 is 1.22 bits per heavy atom. The van der Waals surface area contributed by atoms with Crippen LogP contribution in [0.2, 0.25) is 0 Å². The van der Waals surface area contributed by atoms with Crippen molar-refractivity contribution in [1.82, 2.24) is 25.3 Å². The lowest BCUT2D eigenvalue weighted by Crippen LogP contribution is -2.40. The van der Waals surface area contributed by atoms with E-state index in [1.165, 1.54) is 0 Å². The number of nitrogens with zero attached hydrogens (tertiary/aromatic N) is 4. The molecule has 1 aromatic carbocycles. The highest BCUT2D eigenvalue weighted by atomic mass is 127. The van der Waals surface area contributed by atoms with Gasteiger partial charge in [-0.1, -0.05) is 18.2 Å². The lowest BCUT2D eigenvalue weighted by Gasteiger charge is -2.22. The maximum absolute atomic E-state index is 4.72. The van der Waals surface area contributed by atoms with Crippen molar-refractivity contribution in [2.75, 3.05) is 26.7 Å². The molecule has 150 valence electrons. The van der Waals surface area contributed by atoms with E-state index in [-0.39, 0.29) is 29.5 Å². The maximum atomic E-state index is 4.72. The number of guanidine groups is 1. The van der Waals surface area contributed by atoms with Crippen LogP contribution >= 0.6 is 24.0 Å². The van der Waals surface area contributed by atoms with Gasteiger partial charge in [-0.15, -0.1) is 24.0 Å². The monoisotopic (exact) mass is 484 g/mol. The number of hydrogen-bond donors (Lipinski definition) is 2. The zero-order valence-corrected chi connectivity index (χ0v) is 19.4. The predicted molar refractivity (Wildman–Crippen MR) is 124 cm³/mol. The summed E-state index contributed by atoms with van der Waals surface area (Å²) < 4.78 is 1.90. The molecule has 7 heteroatoms. The molecule has 1 heterocycles. The highest BCUT2D eigenvalue weighted by molar-refractivity contribution is 14.0. The molecule has 2 N–H and O–H groups in total. The molecule has 2 aromatic rings. The third-order valence-corrected chi connectivity index (χ3v) is 3.80. The van der Waals surface area contributed by atoms with Crippen LogP contribution in [0.3, 0.4) is 0 Å². The highest BCUT2D eigenvalue weighted by Gasteiger charge is 2.10. The molecule has 0 atom stereocenters. The summed E-state index contributed by atoms with van der Waals surface area (Å²) in [5.41, 5.74) is 2.33. The molecule has 0 bridgehead atoms. The Balaban J connectivity index is 0.00000364. The van der Waals surface area contributed by atoms with Crippen molar-refractivity contribution in [1.29, 1.82) is 0 Å². The SMILES string of the molecule is CCNC(=NCCNC(C)(C)C)N(C)Cc1cnn(-c2ccccc2)c1.I. The molecule has 0 saturated carbocycles. The molecule has 6 nitrogen and oxygen atoms in total. The van der Waals surface area contributed by atoms with Crippen molar-refractivity contribution in [3.05, 3.63) is 48.3 Å². The van der Waals surface area contributed by atoms with Gasteiger partial charge in [0.05, 0.1) is 18.4 Å². The summed E-state index contributed by atoms with van der Waals surface area (Å²) in [5.74, 6) is 0.913. The summed E-state index contributed by atoms with van der Waals surface area (Å²) in [6, 6.07) is 10.1. The lowest BCUT2D eigenvalue weighted by atomic mass is 10.1. The topological polar surface area (TPSA) is 57.5 Å². The maximum Gasteiger partial charge on any atom is 0.194 e. The Hall–Kier alpha value is -1.61. The normalized spacial score (nSPS) is 11.8. The standard InChI is InChI=1S/C20H32N6.HI/c1-6-21-19(22-12-13-23-20(2,3)4)25(5)15-17-14-24-26(16-17)18-10-8-7-9-11-18;/h7-11,14,16,23H,6,12-13,15H2,1-5H3,(H,21,22);1H. The second-order valence-corrected chi connectivity index (χ2v) is 7.40.